The molecule has 0 atom stereocenters. The number of hydrogen-bond acceptors (Lipinski definition) is 3. The quantitative estimate of drug-likeness (QED) is 0.823. The van der Waals surface area contributed by atoms with E-state index >= 15 is 0 Å². The standard InChI is InChI=1S/C13H21NO3S/c1-3-12(4-2)14(10-11-15)18(16,17)13-8-6-5-7-9-13/h5-9,12,15H,3-4,10-11H2,1-2H3. The van der Waals surface area contributed by atoms with Gasteiger partial charge in [0.1, 0.15) is 0 Å². The van der Waals surface area contributed by atoms with Gasteiger partial charge in [0.15, 0.2) is 0 Å². The van der Waals surface area contributed by atoms with Gasteiger partial charge in [-0.05, 0) is 25.0 Å². The summed E-state index contributed by atoms with van der Waals surface area (Å²) < 4.78 is 26.4. The Morgan fingerprint density at radius 1 is 1.17 bits per heavy atom. The van der Waals surface area contributed by atoms with Crippen LogP contribution in [0, 0.1) is 0 Å². The van der Waals surface area contributed by atoms with E-state index in [1.807, 2.05) is 13.8 Å². The molecule has 0 amide bonds. The lowest BCUT2D eigenvalue weighted by Crippen LogP contribution is -2.41. The Morgan fingerprint density at radius 2 is 1.72 bits per heavy atom. The van der Waals surface area contributed by atoms with Gasteiger partial charge in [-0.15, -0.1) is 0 Å². The Bertz CT molecular complexity index is 441. The largest absolute Gasteiger partial charge is 0.395 e. The highest BCUT2D eigenvalue weighted by atomic mass is 32.2. The third-order valence-corrected chi connectivity index (χ3v) is 4.99. The number of sulfonamides is 1. The predicted molar refractivity (Wildman–Crippen MR) is 71.8 cm³/mol. The van der Waals surface area contributed by atoms with Crippen LogP contribution in [0.15, 0.2) is 35.2 Å². The summed E-state index contributed by atoms with van der Waals surface area (Å²) in [5.74, 6) is 0. The third kappa shape index (κ3) is 3.31. The Morgan fingerprint density at radius 3 is 2.17 bits per heavy atom. The van der Waals surface area contributed by atoms with Gasteiger partial charge in [-0.2, -0.15) is 4.31 Å². The second-order valence-electron chi connectivity index (χ2n) is 4.12. The predicted octanol–water partition coefficient (Wildman–Crippen LogP) is 1.86. The molecule has 18 heavy (non-hydrogen) atoms. The van der Waals surface area contributed by atoms with E-state index in [1.165, 1.54) is 4.31 Å². The SMILES string of the molecule is CCC(CC)N(CCO)S(=O)(=O)c1ccccc1. The van der Waals surface area contributed by atoms with Crippen LogP contribution in [-0.2, 0) is 10.0 Å². The van der Waals surface area contributed by atoms with E-state index in [4.69, 9.17) is 5.11 Å². The van der Waals surface area contributed by atoms with Crippen LogP contribution in [0.1, 0.15) is 26.7 Å². The van der Waals surface area contributed by atoms with Crippen LogP contribution in [-0.4, -0.2) is 37.0 Å². The lowest BCUT2D eigenvalue weighted by Gasteiger charge is -2.28. The summed E-state index contributed by atoms with van der Waals surface area (Å²) in [6.45, 7) is 3.89. The highest BCUT2D eigenvalue weighted by Gasteiger charge is 2.28. The molecule has 0 bridgehead atoms. The second-order valence-corrected chi connectivity index (χ2v) is 6.01. The van der Waals surface area contributed by atoms with Gasteiger partial charge in [-0.3, -0.25) is 0 Å². The Kier molecular flexibility index (Phi) is 5.78. The molecule has 102 valence electrons. The first-order chi connectivity index (χ1) is 8.57. The van der Waals surface area contributed by atoms with Crippen molar-refractivity contribution in [1.29, 1.82) is 0 Å². The molecule has 0 fully saturated rings. The number of nitrogens with zero attached hydrogens (tertiary/aromatic N) is 1. The minimum Gasteiger partial charge on any atom is -0.395 e. The molecule has 0 unspecified atom stereocenters. The van der Waals surface area contributed by atoms with Crippen molar-refractivity contribution >= 4 is 10.0 Å². The molecule has 0 aromatic heterocycles. The number of aliphatic hydroxyl groups excluding tert-OH is 1. The number of rotatable bonds is 7. The van der Waals surface area contributed by atoms with Crippen molar-refractivity contribution in [3.8, 4) is 0 Å². The van der Waals surface area contributed by atoms with E-state index in [2.05, 4.69) is 0 Å². The van der Waals surface area contributed by atoms with Gasteiger partial charge in [0.05, 0.1) is 11.5 Å². The molecule has 0 aliphatic rings. The Labute approximate surface area is 109 Å². The molecule has 0 saturated carbocycles. The van der Waals surface area contributed by atoms with E-state index in [9.17, 15) is 8.42 Å². The fourth-order valence-corrected chi connectivity index (χ4v) is 3.81. The molecule has 0 heterocycles. The fourth-order valence-electron chi connectivity index (χ4n) is 2.02. The molecule has 0 saturated heterocycles. The highest BCUT2D eigenvalue weighted by molar-refractivity contribution is 7.89. The van der Waals surface area contributed by atoms with Crippen molar-refractivity contribution in [3.05, 3.63) is 30.3 Å². The van der Waals surface area contributed by atoms with Crippen LogP contribution in [0.25, 0.3) is 0 Å². The summed E-state index contributed by atoms with van der Waals surface area (Å²) in [5, 5.41) is 9.08. The molecule has 0 spiro atoms. The van der Waals surface area contributed by atoms with Crippen molar-refractivity contribution in [3.63, 3.8) is 0 Å². The van der Waals surface area contributed by atoms with Gasteiger partial charge in [-0.1, -0.05) is 32.0 Å². The van der Waals surface area contributed by atoms with Gasteiger partial charge in [0.2, 0.25) is 10.0 Å². The molecule has 5 heteroatoms. The summed E-state index contributed by atoms with van der Waals surface area (Å²) in [4.78, 5) is 0.283. The molecule has 0 aliphatic carbocycles. The zero-order valence-corrected chi connectivity index (χ0v) is 11.7. The van der Waals surface area contributed by atoms with Crippen molar-refractivity contribution in [2.24, 2.45) is 0 Å². The summed E-state index contributed by atoms with van der Waals surface area (Å²) >= 11 is 0. The second kappa shape index (κ2) is 6.87. The maximum absolute atomic E-state index is 12.5. The van der Waals surface area contributed by atoms with E-state index < -0.39 is 10.0 Å². The van der Waals surface area contributed by atoms with E-state index in [0.717, 1.165) is 12.8 Å². The molecule has 1 aromatic carbocycles. The molecular formula is C13H21NO3S. The lowest BCUT2D eigenvalue weighted by molar-refractivity contribution is 0.219. The molecule has 0 aliphatic heterocycles. The smallest absolute Gasteiger partial charge is 0.243 e. The Hall–Kier alpha value is -0.910. The minimum atomic E-state index is -3.51. The van der Waals surface area contributed by atoms with Crippen LogP contribution in [0.3, 0.4) is 0 Å². The normalized spacial score (nSPS) is 12.3. The summed E-state index contributed by atoms with van der Waals surface area (Å²) in [6, 6.07) is 8.30. The number of aliphatic hydroxyl groups is 1. The van der Waals surface area contributed by atoms with E-state index in [0.29, 0.717) is 0 Å². The Balaban J connectivity index is 3.12. The van der Waals surface area contributed by atoms with Gasteiger partial charge < -0.3 is 5.11 Å². The van der Waals surface area contributed by atoms with Crippen LogP contribution in [0.4, 0.5) is 0 Å². The van der Waals surface area contributed by atoms with Gasteiger partial charge in [-0.25, -0.2) is 8.42 Å². The molecule has 0 radical (unpaired) electrons. The molecule has 1 aromatic rings. The van der Waals surface area contributed by atoms with Crippen molar-refractivity contribution in [1.82, 2.24) is 4.31 Å². The zero-order valence-electron chi connectivity index (χ0n) is 10.9. The lowest BCUT2D eigenvalue weighted by atomic mass is 10.2. The summed E-state index contributed by atoms with van der Waals surface area (Å²) in [6.07, 6.45) is 1.48. The molecule has 4 nitrogen and oxygen atoms in total. The molecule has 1 rings (SSSR count). The first-order valence-electron chi connectivity index (χ1n) is 6.25. The third-order valence-electron chi connectivity index (χ3n) is 3.02. The average molecular weight is 271 g/mol. The summed E-state index contributed by atoms with van der Waals surface area (Å²) in [7, 11) is -3.51. The highest BCUT2D eigenvalue weighted by Crippen LogP contribution is 2.20. The van der Waals surface area contributed by atoms with Crippen LogP contribution >= 0.6 is 0 Å². The van der Waals surface area contributed by atoms with E-state index in [-0.39, 0.29) is 24.1 Å². The van der Waals surface area contributed by atoms with E-state index in [1.54, 1.807) is 30.3 Å². The van der Waals surface area contributed by atoms with Crippen LogP contribution in [0.2, 0.25) is 0 Å². The van der Waals surface area contributed by atoms with Crippen molar-refractivity contribution < 1.29 is 13.5 Å². The topological polar surface area (TPSA) is 57.6 Å². The monoisotopic (exact) mass is 271 g/mol. The molecular weight excluding hydrogens is 250 g/mol. The minimum absolute atomic E-state index is 0.0673. The number of hydrogen-bond donors (Lipinski definition) is 1. The summed E-state index contributed by atoms with van der Waals surface area (Å²) in [5.41, 5.74) is 0. The zero-order chi connectivity index (χ0) is 13.6. The van der Waals surface area contributed by atoms with Gasteiger partial charge >= 0.3 is 0 Å². The maximum Gasteiger partial charge on any atom is 0.243 e. The van der Waals surface area contributed by atoms with Crippen LogP contribution < -0.4 is 0 Å². The van der Waals surface area contributed by atoms with Crippen molar-refractivity contribution in [2.45, 2.75) is 37.6 Å². The maximum atomic E-state index is 12.5. The van der Waals surface area contributed by atoms with Gasteiger partial charge in [0.25, 0.3) is 0 Å². The first kappa shape index (κ1) is 15.1. The van der Waals surface area contributed by atoms with Crippen molar-refractivity contribution in [2.75, 3.05) is 13.2 Å². The van der Waals surface area contributed by atoms with Crippen LogP contribution in [0.5, 0.6) is 0 Å². The molecule has 1 N–H and O–H groups in total. The fraction of sp³-hybridized carbons (Fsp3) is 0.538. The average Bonchev–Trinajstić information content (AvgIpc) is 2.40. The first-order valence-corrected chi connectivity index (χ1v) is 7.69. The number of benzene rings is 1. The van der Waals surface area contributed by atoms with Gasteiger partial charge in [0, 0.05) is 12.6 Å².